The quantitative estimate of drug-likeness (QED) is 0.384. The van der Waals surface area contributed by atoms with Gasteiger partial charge in [0.25, 0.3) is 0 Å². The number of hydrogen-bond acceptors (Lipinski definition) is 7. The zero-order valence-electron chi connectivity index (χ0n) is 17.1. The van der Waals surface area contributed by atoms with Crippen molar-refractivity contribution in [1.29, 1.82) is 0 Å². The van der Waals surface area contributed by atoms with Crippen LogP contribution in [0.4, 0.5) is 17.3 Å². The van der Waals surface area contributed by atoms with E-state index in [4.69, 9.17) is 21.1 Å². The second-order valence-electron chi connectivity index (χ2n) is 6.63. The largest absolute Gasteiger partial charge is 0.497 e. The summed E-state index contributed by atoms with van der Waals surface area (Å²) in [4.78, 5) is 8.98. The zero-order valence-corrected chi connectivity index (χ0v) is 18.7. The molecule has 164 valence electrons. The predicted molar refractivity (Wildman–Crippen MR) is 124 cm³/mol. The first-order valence-electron chi connectivity index (χ1n) is 9.38. The van der Waals surface area contributed by atoms with Crippen molar-refractivity contribution in [3.05, 3.63) is 76.5 Å². The molecular formula is C22H18ClN4O4S-. The van der Waals surface area contributed by atoms with Gasteiger partial charge in [-0.1, -0.05) is 23.7 Å². The number of benzene rings is 3. The van der Waals surface area contributed by atoms with Crippen molar-refractivity contribution >= 4 is 50.0 Å². The zero-order chi connectivity index (χ0) is 22.7. The molecule has 1 N–H and O–H groups in total. The van der Waals surface area contributed by atoms with Gasteiger partial charge in [0.05, 0.1) is 24.6 Å². The normalized spacial score (nSPS) is 11.2. The van der Waals surface area contributed by atoms with Gasteiger partial charge in [0.1, 0.15) is 17.3 Å². The lowest BCUT2D eigenvalue weighted by Crippen LogP contribution is -2.03. The molecule has 0 saturated heterocycles. The number of sulfonamides is 1. The summed E-state index contributed by atoms with van der Waals surface area (Å²) >= 11 is 5.87. The van der Waals surface area contributed by atoms with Crippen molar-refractivity contribution in [2.24, 2.45) is 0 Å². The van der Waals surface area contributed by atoms with Gasteiger partial charge in [-0.05, 0) is 53.8 Å². The monoisotopic (exact) mass is 469 g/mol. The number of nitrogens with one attached hydrogen (secondary N) is 1. The number of methoxy groups -OCH3 is 2. The van der Waals surface area contributed by atoms with Crippen LogP contribution in [0.5, 0.6) is 11.5 Å². The molecule has 4 rings (SSSR count). The van der Waals surface area contributed by atoms with Crippen LogP contribution in [-0.2, 0) is 10.0 Å². The highest BCUT2D eigenvalue weighted by Gasteiger charge is 2.13. The fraction of sp³-hybridized carbons (Fsp3) is 0.0909. The molecule has 8 nitrogen and oxygen atoms in total. The van der Waals surface area contributed by atoms with E-state index in [1.54, 1.807) is 56.7 Å². The molecule has 10 heteroatoms. The second-order valence-corrected chi connectivity index (χ2v) is 8.67. The van der Waals surface area contributed by atoms with Crippen LogP contribution < -0.4 is 14.8 Å². The van der Waals surface area contributed by atoms with Gasteiger partial charge in [0, 0.05) is 22.8 Å². The number of nitrogens with zero attached hydrogens (tertiary/aromatic N) is 3. The Morgan fingerprint density at radius 2 is 1.59 bits per heavy atom. The molecule has 0 amide bonds. The van der Waals surface area contributed by atoms with Crippen LogP contribution in [0.15, 0.2) is 71.6 Å². The summed E-state index contributed by atoms with van der Waals surface area (Å²) in [6.45, 7) is 0. The number of ether oxygens (including phenoxy) is 2. The predicted octanol–water partition coefficient (Wildman–Crippen LogP) is 5.44. The first-order valence-corrected chi connectivity index (χ1v) is 11.2. The minimum absolute atomic E-state index is 0.00846. The molecule has 0 bridgehead atoms. The van der Waals surface area contributed by atoms with Crippen LogP contribution >= 0.6 is 11.6 Å². The highest BCUT2D eigenvalue weighted by Crippen LogP contribution is 2.36. The molecule has 1 heterocycles. The van der Waals surface area contributed by atoms with E-state index in [-0.39, 0.29) is 16.5 Å². The van der Waals surface area contributed by atoms with E-state index in [2.05, 4.69) is 20.0 Å². The number of rotatable bonds is 7. The molecule has 0 radical (unpaired) electrons. The standard InChI is InChI=1S/C22H18ClN4O4S/c1-30-16-5-3-4-15(12-16)24-21-22(25-19-11-8-17(31-2)13-20(19)26-21)27-32(28,29)18-9-6-14(23)7-10-18/h3-13H,1-2H3,(H-,24,25,26,27)/q-1. The van der Waals surface area contributed by atoms with E-state index in [9.17, 15) is 8.42 Å². The molecule has 0 aliphatic heterocycles. The van der Waals surface area contributed by atoms with Gasteiger partial charge in [-0.25, -0.2) is 13.4 Å². The lowest BCUT2D eigenvalue weighted by atomic mass is 10.2. The molecule has 32 heavy (non-hydrogen) atoms. The van der Waals surface area contributed by atoms with Crippen LogP contribution in [0.1, 0.15) is 0 Å². The lowest BCUT2D eigenvalue weighted by Gasteiger charge is -2.21. The van der Waals surface area contributed by atoms with E-state index in [1.807, 2.05) is 0 Å². The Morgan fingerprint density at radius 3 is 2.31 bits per heavy atom. The van der Waals surface area contributed by atoms with Gasteiger partial charge in [0.15, 0.2) is 0 Å². The summed E-state index contributed by atoms with van der Waals surface area (Å²) < 4.78 is 40.3. The molecule has 0 aliphatic carbocycles. The van der Waals surface area contributed by atoms with Crippen molar-refractivity contribution in [2.45, 2.75) is 4.90 Å². The maximum absolute atomic E-state index is 12.9. The average molecular weight is 470 g/mol. The minimum atomic E-state index is -4.06. The molecule has 0 aliphatic rings. The number of aromatic nitrogens is 2. The molecule has 1 aromatic heterocycles. The van der Waals surface area contributed by atoms with E-state index in [0.29, 0.717) is 33.2 Å². The SMILES string of the molecule is COc1cccc(Nc2nc3cc(OC)ccc3nc2[N-]S(=O)(=O)c2ccc(Cl)cc2)c1. The topological polar surface area (TPSA) is 105 Å². The molecule has 0 unspecified atom stereocenters. The maximum atomic E-state index is 12.9. The van der Waals surface area contributed by atoms with Crippen molar-refractivity contribution < 1.29 is 17.9 Å². The van der Waals surface area contributed by atoms with Gasteiger partial charge < -0.3 is 24.5 Å². The number of halogens is 1. The third kappa shape index (κ3) is 4.68. The summed E-state index contributed by atoms with van der Waals surface area (Å²) in [7, 11) is -0.960. The maximum Gasteiger partial charge on any atom is 0.202 e. The van der Waals surface area contributed by atoms with Crippen molar-refractivity contribution in [3.8, 4) is 11.5 Å². The van der Waals surface area contributed by atoms with E-state index < -0.39 is 10.0 Å². The summed E-state index contributed by atoms with van der Waals surface area (Å²) in [6.07, 6.45) is 0. The van der Waals surface area contributed by atoms with E-state index in [0.717, 1.165) is 0 Å². The Morgan fingerprint density at radius 1 is 0.875 bits per heavy atom. The Hall–Kier alpha value is -3.56. The molecule has 3 aromatic carbocycles. The highest BCUT2D eigenvalue weighted by atomic mass is 35.5. The molecular weight excluding hydrogens is 452 g/mol. The number of hydrogen-bond donors (Lipinski definition) is 1. The van der Waals surface area contributed by atoms with Crippen molar-refractivity contribution in [1.82, 2.24) is 9.97 Å². The van der Waals surface area contributed by atoms with Crippen LogP contribution in [0, 0.1) is 0 Å². The van der Waals surface area contributed by atoms with Gasteiger partial charge >= 0.3 is 0 Å². The first kappa shape index (κ1) is 21.7. The average Bonchev–Trinajstić information content (AvgIpc) is 2.79. The highest BCUT2D eigenvalue weighted by molar-refractivity contribution is 7.94. The Labute approximate surface area is 190 Å². The van der Waals surface area contributed by atoms with E-state index in [1.165, 1.54) is 24.3 Å². The molecule has 0 fully saturated rings. The Kier molecular flexibility index (Phi) is 6.02. The fourth-order valence-corrected chi connectivity index (χ4v) is 3.98. The smallest absolute Gasteiger partial charge is 0.202 e. The summed E-state index contributed by atoms with van der Waals surface area (Å²) in [5, 5.41) is 3.51. The van der Waals surface area contributed by atoms with Crippen LogP contribution in [0.25, 0.3) is 15.8 Å². The molecule has 0 saturated carbocycles. The van der Waals surface area contributed by atoms with Crippen LogP contribution in [-0.4, -0.2) is 32.6 Å². The summed E-state index contributed by atoms with van der Waals surface area (Å²) in [5.74, 6) is 1.30. The van der Waals surface area contributed by atoms with Gasteiger partial charge in [0.2, 0.25) is 10.0 Å². The third-order valence-electron chi connectivity index (χ3n) is 4.50. The van der Waals surface area contributed by atoms with Gasteiger partial charge in [-0.3, -0.25) is 0 Å². The second kappa shape index (κ2) is 8.89. The summed E-state index contributed by atoms with van der Waals surface area (Å²) in [6, 6.07) is 18.0. The van der Waals surface area contributed by atoms with Crippen LogP contribution in [0.3, 0.4) is 0 Å². The Bertz CT molecular complexity index is 1380. The third-order valence-corrected chi connectivity index (χ3v) is 6.04. The molecule has 4 aromatic rings. The number of anilines is 2. The summed E-state index contributed by atoms with van der Waals surface area (Å²) in [5.41, 5.74) is 1.60. The van der Waals surface area contributed by atoms with Crippen LogP contribution in [0.2, 0.25) is 5.02 Å². The lowest BCUT2D eigenvalue weighted by molar-refractivity contribution is 0.415. The van der Waals surface area contributed by atoms with E-state index >= 15 is 0 Å². The Balaban J connectivity index is 1.79. The van der Waals surface area contributed by atoms with Crippen molar-refractivity contribution in [2.75, 3.05) is 19.5 Å². The van der Waals surface area contributed by atoms with Crippen molar-refractivity contribution in [3.63, 3.8) is 0 Å². The number of fused-ring (bicyclic) bond motifs is 1. The molecule has 0 atom stereocenters. The van der Waals surface area contributed by atoms with Gasteiger partial charge in [-0.2, -0.15) is 0 Å². The first-order chi connectivity index (χ1) is 15.4. The van der Waals surface area contributed by atoms with Gasteiger partial charge in [-0.15, -0.1) is 0 Å². The fourth-order valence-electron chi connectivity index (χ4n) is 2.91. The minimum Gasteiger partial charge on any atom is -0.497 e. The molecule has 0 spiro atoms.